The molecule has 0 bridgehead atoms. The monoisotopic (exact) mass is 107 g/mol. The third kappa shape index (κ3) is 9.75. The molecule has 0 rings (SSSR count). The van der Waals surface area contributed by atoms with Gasteiger partial charge in [0.25, 0.3) is 0 Å². The van der Waals surface area contributed by atoms with Gasteiger partial charge in [-0.2, -0.15) is 6.54 Å². The van der Waals surface area contributed by atoms with Crippen LogP contribution in [0.5, 0.6) is 0 Å². The molecule has 0 radical (unpaired) electrons. The average molecular weight is 107 g/mol. The summed E-state index contributed by atoms with van der Waals surface area (Å²) >= 11 is 0. The predicted octanol–water partition coefficient (Wildman–Crippen LogP) is -0.817. The normalized spacial score (nSPS) is 10.5. The summed E-state index contributed by atoms with van der Waals surface area (Å²) in [5, 5.41) is 4.26. The van der Waals surface area contributed by atoms with Crippen LogP contribution in [0.2, 0.25) is 0 Å². The molecule has 0 aromatic heterocycles. The fraction of sp³-hybridized carbons (Fsp3) is 1.00. The van der Waals surface area contributed by atoms with Gasteiger partial charge in [0.2, 0.25) is 0 Å². The van der Waals surface area contributed by atoms with Gasteiger partial charge in [0, 0.05) is 0 Å². The Balaban J connectivity index is 0. The molecule has 0 amide bonds. The van der Waals surface area contributed by atoms with E-state index in [4.69, 9.17) is 0 Å². The number of hydrogen-bond donors (Lipinski definition) is 0. The van der Waals surface area contributed by atoms with Gasteiger partial charge in [-0.3, -0.25) is 0 Å². The molecule has 0 unspecified atom stereocenters. The summed E-state index contributed by atoms with van der Waals surface area (Å²) in [5.41, 5.74) is 0.175. The summed E-state index contributed by atoms with van der Waals surface area (Å²) in [5.74, 6) is 0. The van der Waals surface area contributed by atoms with E-state index in [9.17, 15) is 0 Å². The van der Waals surface area contributed by atoms with Crippen LogP contribution in [0.25, 0.3) is 5.32 Å². The van der Waals surface area contributed by atoms with E-state index < -0.39 is 0 Å². The average Bonchev–Trinajstić information content (AvgIpc) is 1.30. The molecule has 0 aromatic carbocycles. The van der Waals surface area contributed by atoms with Crippen LogP contribution in [0.15, 0.2) is 0 Å². The van der Waals surface area contributed by atoms with Gasteiger partial charge in [-0.05, 0) is 0 Å². The van der Waals surface area contributed by atoms with Crippen LogP contribution in [0.1, 0.15) is 27.7 Å². The van der Waals surface area contributed by atoms with Crippen molar-refractivity contribution < 1.29 is 18.9 Å². The quantitative estimate of drug-likeness (QED) is 0.389. The molecule has 0 aliphatic rings. The fourth-order valence-electron chi connectivity index (χ4n) is 0.474. The summed E-state index contributed by atoms with van der Waals surface area (Å²) in [6.45, 7) is 9.32. The van der Waals surface area contributed by atoms with Gasteiger partial charge in [0.15, 0.2) is 0 Å². The van der Waals surface area contributed by atoms with Crippen LogP contribution in [-0.4, -0.2) is 12.1 Å². The third-order valence-electron chi connectivity index (χ3n) is 0.632. The van der Waals surface area contributed by atoms with Crippen molar-refractivity contribution in [1.29, 1.82) is 0 Å². The van der Waals surface area contributed by atoms with E-state index in [0.717, 1.165) is 6.54 Å². The van der Waals surface area contributed by atoms with Crippen molar-refractivity contribution in [3.63, 3.8) is 0 Å². The first-order valence-electron chi connectivity index (χ1n) is 2.75. The van der Waals surface area contributed by atoms with Crippen LogP contribution in [0.4, 0.5) is 0 Å². The topological polar surface area (TPSA) is 14.1 Å². The van der Waals surface area contributed by atoms with E-state index in [1.807, 2.05) is 0 Å². The molecule has 44 valence electrons. The van der Waals surface area contributed by atoms with Crippen molar-refractivity contribution >= 4 is 0 Å². The number of hydrogen-bond acceptors (Lipinski definition) is 0. The maximum Gasteiger partial charge on any atom is 1.00 e. The van der Waals surface area contributed by atoms with Gasteiger partial charge in [0.1, 0.15) is 0 Å². The van der Waals surface area contributed by atoms with Crippen LogP contribution >= 0.6 is 0 Å². The van der Waals surface area contributed by atoms with E-state index in [2.05, 4.69) is 33.0 Å². The minimum atomic E-state index is 0. The van der Waals surface area contributed by atoms with E-state index in [-0.39, 0.29) is 24.4 Å². The summed E-state index contributed by atoms with van der Waals surface area (Å²) in [7, 11) is 0. The van der Waals surface area contributed by atoms with Gasteiger partial charge in [-0.15, -0.1) is 5.54 Å². The van der Waals surface area contributed by atoms with Crippen molar-refractivity contribution in [3.8, 4) is 0 Å². The largest absolute Gasteiger partial charge is 1.00 e. The van der Waals surface area contributed by atoms with Crippen molar-refractivity contribution in [3.05, 3.63) is 5.32 Å². The zero-order valence-electron chi connectivity index (χ0n) is 6.65. The van der Waals surface area contributed by atoms with Gasteiger partial charge in [-0.25, -0.2) is 0 Å². The minimum Gasteiger partial charge on any atom is -0.658 e. The molecule has 8 heavy (non-hydrogen) atoms. The molecule has 1 nitrogen and oxygen atoms in total. The molecular formula is C6H14LiN. The molecule has 0 atom stereocenters. The zero-order valence-corrected chi connectivity index (χ0v) is 6.65. The molecule has 0 spiro atoms. The molecule has 0 fully saturated rings. The fourth-order valence-corrected chi connectivity index (χ4v) is 0.474. The Morgan fingerprint density at radius 1 is 1.25 bits per heavy atom. The van der Waals surface area contributed by atoms with Crippen molar-refractivity contribution in [2.24, 2.45) is 0 Å². The second kappa shape index (κ2) is 4.44. The predicted molar refractivity (Wildman–Crippen MR) is 33.7 cm³/mol. The van der Waals surface area contributed by atoms with E-state index in [1.54, 1.807) is 0 Å². The summed E-state index contributed by atoms with van der Waals surface area (Å²) in [4.78, 5) is 0. The maximum atomic E-state index is 4.26. The smallest absolute Gasteiger partial charge is 0.658 e. The first kappa shape index (κ1) is 11.4. The Bertz CT molecular complexity index is 47.0. The van der Waals surface area contributed by atoms with Crippen molar-refractivity contribution in [2.45, 2.75) is 33.2 Å². The van der Waals surface area contributed by atoms with Gasteiger partial charge in [-0.1, -0.05) is 27.7 Å². The van der Waals surface area contributed by atoms with Crippen LogP contribution in [-0.2, 0) is 0 Å². The number of rotatable bonds is 1. The molecule has 2 heteroatoms. The van der Waals surface area contributed by atoms with Crippen LogP contribution in [0, 0.1) is 0 Å². The Morgan fingerprint density at radius 2 is 1.62 bits per heavy atom. The third-order valence-corrected chi connectivity index (χ3v) is 0.632. The second-order valence-corrected chi connectivity index (χ2v) is 2.65. The number of nitrogens with zero attached hydrogens (tertiary/aromatic N) is 1. The molecule has 0 aromatic rings. The molecule has 0 heterocycles. The van der Waals surface area contributed by atoms with Crippen LogP contribution < -0.4 is 18.9 Å². The van der Waals surface area contributed by atoms with Crippen molar-refractivity contribution in [2.75, 3.05) is 6.54 Å². The second-order valence-electron chi connectivity index (χ2n) is 2.65. The molecule has 0 aliphatic carbocycles. The SMILES string of the molecule is CC[N-]C(C)(C)C.[Li+]. The Kier molecular flexibility index (Phi) is 6.31. The first-order chi connectivity index (χ1) is 3.06. The molecule has 0 saturated carbocycles. The van der Waals surface area contributed by atoms with Crippen molar-refractivity contribution in [1.82, 2.24) is 0 Å². The van der Waals surface area contributed by atoms with Gasteiger partial charge < -0.3 is 5.32 Å². The maximum absolute atomic E-state index is 4.26. The van der Waals surface area contributed by atoms with E-state index >= 15 is 0 Å². The Hall–Kier alpha value is 0.557. The Morgan fingerprint density at radius 3 is 1.62 bits per heavy atom. The summed E-state index contributed by atoms with van der Waals surface area (Å²) in [6, 6.07) is 0. The summed E-state index contributed by atoms with van der Waals surface area (Å²) in [6.07, 6.45) is 0. The zero-order chi connectivity index (χ0) is 5.91. The van der Waals surface area contributed by atoms with Gasteiger partial charge >= 0.3 is 18.9 Å². The molecule has 0 N–H and O–H groups in total. The minimum absolute atomic E-state index is 0. The van der Waals surface area contributed by atoms with Gasteiger partial charge in [0.05, 0.1) is 0 Å². The molecule has 0 saturated heterocycles. The standard InChI is InChI=1S/C6H14N.Li/c1-5-7-6(2,3)4;/h5H2,1-4H3;/q-1;+1. The van der Waals surface area contributed by atoms with E-state index in [1.165, 1.54) is 0 Å². The van der Waals surface area contributed by atoms with Crippen LogP contribution in [0.3, 0.4) is 0 Å². The molecular weight excluding hydrogens is 93.0 g/mol. The molecule has 0 aliphatic heterocycles. The first-order valence-corrected chi connectivity index (χ1v) is 2.75. The summed E-state index contributed by atoms with van der Waals surface area (Å²) < 4.78 is 0. The van der Waals surface area contributed by atoms with E-state index in [0.29, 0.717) is 0 Å². The Labute approximate surface area is 64.4 Å².